The van der Waals surface area contributed by atoms with Gasteiger partial charge in [0.2, 0.25) is 0 Å². The van der Waals surface area contributed by atoms with Gasteiger partial charge in [-0.05, 0) is 6.42 Å². The molecule has 0 saturated carbocycles. The monoisotopic (exact) mass is 212 g/mol. The molecular formula is C7H12N6S. The Morgan fingerprint density at radius 3 is 3.00 bits per heavy atom. The van der Waals surface area contributed by atoms with E-state index in [1.54, 1.807) is 11.8 Å². The SMILES string of the molecule is CCCSc1nc(N)c2c(n1)NNN2. The molecule has 0 radical (unpaired) electrons. The van der Waals surface area contributed by atoms with Crippen LogP contribution in [-0.2, 0) is 0 Å². The van der Waals surface area contributed by atoms with E-state index < -0.39 is 0 Å². The van der Waals surface area contributed by atoms with Crippen molar-refractivity contribution in [2.45, 2.75) is 18.5 Å². The average Bonchev–Trinajstić information content (AvgIpc) is 2.63. The van der Waals surface area contributed by atoms with E-state index in [0.29, 0.717) is 22.5 Å². The topological polar surface area (TPSA) is 87.9 Å². The van der Waals surface area contributed by atoms with Crippen molar-refractivity contribution in [1.82, 2.24) is 15.5 Å². The normalized spacial score (nSPS) is 13.2. The van der Waals surface area contributed by atoms with Crippen molar-refractivity contribution in [3.63, 3.8) is 0 Å². The van der Waals surface area contributed by atoms with Crippen molar-refractivity contribution in [2.75, 3.05) is 22.3 Å². The molecule has 1 aromatic heterocycles. The maximum Gasteiger partial charge on any atom is 0.191 e. The molecule has 14 heavy (non-hydrogen) atoms. The van der Waals surface area contributed by atoms with Crippen LogP contribution in [0.1, 0.15) is 13.3 Å². The molecule has 76 valence electrons. The Hall–Kier alpha value is -1.21. The lowest BCUT2D eigenvalue weighted by molar-refractivity contribution is 0.965. The predicted molar refractivity (Wildman–Crippen MR) is 57.8 cm³/mol. The van der Waals surface area contributed by atoms with Crippen LogP contribution in [0.2, 0.25) is 0 Å². The molecule has 2 heterocycles. The lowest BCUT2D eigenvalue weighted by Crippen LogP contribution is -2.19. The van der Waals surface area contributed by atoms with E-state index in [2.05, 4.69) is 33.3 Å². The summed E-state index contributed by atoms with van der Waals surface area (Å²) in [6, 6.07) is 0. The van der Waals surface area contributed by atoms with E-state index in [1.807, 2.05) is 0 Å². The molecular weight excluding hydrogens is 200 g/mol. The van der Waals surface area contributed by atoms with Crippen molar-refractivity contribution in [3.05, 3.63) is 0 Å². The molecule has 0 spiro atoms. The predicted octanol–water partition coefficient (Wildman–Crippen LogP) is 0.818. The van der Waals surface area contributed by atoms with Crippen molar-refractivity contribution >= 4 is 29.1 Å². The van der Waals surface area contributed by atoms with Crippen LogP contribution >= 0.6 is 11.8 Å². The minimum atomic E-state index is 0.464. The van der Waals surface area contributed by atoms with Gasteiger partial charge in [0, 0.05) is 5.75 Å². The Morgan fingerprint density at radius 2 is 2.21 bits per heavy atom. The smallest absolute Gasteiger partial charge is 0.191 e. The van der Waals surface area contributed by atoms with Crippen LogP contribution in [-0.4, -0.2) is 15.7 Å². The molecule has 0 saturated heterocycles. The Bertz CT molecular complexity index is 341. The largest absolute Gasteiger partial charge is 0.382 e. The zero-order valence-corrected chi connectivity index (χ0v) is 8.61. The van der Waals surface area contributed by atoms with Crippen molar-refractivity contribution in [2.24, 2.45) is 0 Å². The van der Waals surface area contributed by atoms with Gasteiger partial charge in [-0.3, -0.25) is 10.9 Å². The van der Waals surface area contributed by atoms with Gasteiger partial charge in [0.25, 0.3) is 0 Å². The van der Waals surface area contributed by atoms with E-state index >= 15 is 0 Å². The van der Waals surface area contributed by atoms with Crippen molar-refractivity contribution in [1.29, 1.82) is 0 Å². The van der Waals surface area contributed by atoms with E-state index in [4.69, 9.17) is 5.73 Å². The summed E-state index contributed by atoms with van der Waals surface area (Å²) < 4.78 is 0. The summed E-state index contributed by atoms with van der Waals surface area (Å²) in [4.78, 5) is 8.46. The molecule has 6 nitrogen and oxygen atoms in total. The average molecular weight is 212 g/mol. The molecule has 5 N–H and O–H groups in total. The molecule has 1 aromatic rings. The second-order valence-electron chi connectivity index (χ2n) is 2.84. The summed E-state index contributed by atoms with van der Waals surface area (Å²) in [6.07, 6.45) is 1.09. The molecule has 0 fully saturated rings. The number of nitrogens with two attached hydrogens (primary N) is 1. The highest BCUT2D eigenvalue weighted by Crippen LogP contribution is 2.29. The minimum Gasteiger partial charge on any atom is -0.382 e. The number of fused-ring (bicyclic) bond motifs is 1. The van der Waals surface area contributed by atoms with Crippen LogP contribution in [0, 0.1) is 0 Å². The van der Waals surface area contributed by atoms with Crippen LogP contribution in [0.25, 0.3) is 0 Å². The van der Waals surface area contributed by atoms with Gasteiger partial charge in [0.1, 0.15) is 5.69 Å². The molecule has 1 aliphatic rings. The van der Waals surface area contributed by atoms with Crippen LogP contribution in [0.4, 0.5) is 17.3 Å². The van der Waals surface area contributed by atoms with Gasteiger partial charge in [-0.15, -0.1) is 5.53 Å². The number of nitrogens with one attached hydrogen (secondary N) is 3. The van der Waals surface area contributed by atoms with Gasteiger partial charge in [0.15, 0.2) is 16.8 Å². The number of thioether (sulfide) groups is 1. The summed E-state index contributed by atoms with van der Waals surface area (Å²) in [5.74, 6) is 2.17. The van der Waals surface area contributed by atoms with Gasteiger partial charge in [0.05, 0.1) is 0 Å². The van der Waals surface area contributed by atoms with Crippen molar-refractivity contribution in [3.8, 4) is 0 Å². The molecule has 0 bridgehead atoms. The van der Waals surface area contributed by atoms with Crippen LogP contribution in [0.3, 0.4) is 0 Å². The summed E-state index contributed by atoms with van der Waals surface area (Å²) in [6.45, 7) is 2.12. The summed E-state index contributed by atoms with van der Waals surface area (Å²) in [7, 11) is 0. The Labute approximate surface area is 86.0 Å². The van der Waals surface area contributed by atoms with Crippen LogP contribution < -0.4 is 22.1 Å². The van der Waals surface area contributed by atoms with Crippen LogP contribution in [0.5, 0.6) is 0 Å². The zero-order chi connectivity index (χ0) is 9.97. The third-order valence-corrected chi connectivity index (χ3v) is 2.77. The standard InChI is InChI=1S/C7H12N6S/c1-2-3-14-7-9-5(8)4-6(10-7)12-13-11-4/h11,13H,2-3H2,1H3,(H3,8,9,10,12). The fourth-order valence-corrected chi connectivity index (χ4v) is 1.79. The van der Waals surface area contributed by atoms with E-state index in [1.165, 1.54) is 0 Å². The number of aromatic nitrogens is 2. The van der Waals surface area contributed by atoms with Gasteiger partial charge in [-0.2, -0.15) is 0 Å². The van der Waals surface area contributed by atoms with Gasteiger partial charge < -0.3 is 5.73 Å². The number of rotatable bonds is 3. The van der Waals surface area contributed by atoms with E-state index in [-0.39, 0.29) is 0 Å². The maximum atomic E-state index is 5.74. The fourth-order valence-electron chi connectivity index (χ4n) is 1.08. The first kappa shape index (κ1) is 9.35. The molecule has 0 unspecified atom stereocenters. The third-order valence-electron chi connectivity index (χ3n) is 1.72. The highest BCUT2D eigenvalue weighted by Gasteiger charge is 2.16. The number of nitrogen functional groups attached to an aromatic ring is 1. The molecule has 0 atom stereocenters. The Kier molecular flexibility index (Phi) is 2.60. The number of hydrazine groups is 2. The lowest BCUT2D eigenvalue weighted by atomic mass is 10.4. The molecule has 0 amide bonds. The van der Waals surface area contributed by atoms with Gasteiger partial charge >= 0.3 is 0 Å². The number of anilines is 3. The Balaban J connectivity index is 2.23. The molecule has 1 aliphatic heterocycles. The van der Waals surface area contributed by atoms with E-state index in [0.717, 1.165) is 12.2 Å². The van der Waals surface area contributed by atoms with Gasteiger partial charge in [-0.1, -0.05) is 18.7 Å². The van der Waals surface area contributed by atoms with Crippen molar-refractivity contribution < 1.29 is 0 Å². The highest BCUT2D eigenvalue weighted by molar-refractivity contribution is 7.99. The van der Waals surface area contributed by atoms with E-state index in [9.17, 15) is 0 Å². The second kappa shape index (κ2) is 3.89. The zero-order valence-electron chi connectivity index (χ0n) is 7.79. The number of hydrogen-bond donors (Lipinski definition) is 4. The molecule has 0 aliphatic carbocycles. The molecule has 0 aromatic carbocycles. The molecule has 7 heteroatoms. The van der Waals surface area contributed by atoms with Gasteiger partial charge in [-0.25, -0.2) is 9.97 Å². The summed E-state index contributed by atoms with van der Waals surface area (Å²) in [5, 5.41) is 0.709. The minimum absolute atomic E-state index is 0.464. The first-order chi connectivity index (χ1) is 6.81. The summed E-state index contributed by atoms with van der Waals surface area (Å²) in [5.41, 5.74) is 14.9. The number of nitrogens with zero attached hydrogens (tertiary/aromatic N) is 2. The first-order valence-corrected chi connectivity index (χ1v) is 5.37. The third kappa shape index (κ3) is 1.68. The Morgan fingerprint density at radius 1 is 1.36 bits per heavy atom. The summed E-state index contributed by atoms with van der Waals surface area (Å²) >= 11 is 1.60. The highest BCUT2D eigenvalue weighted by atomic mass is 32.2. The quantitative estimate of drug-likeness (QED) is 0.435. The number of hydrogen-bond acceptors (Lipinski definition) is 7. The maximum absolute atomic E-state index is 5.74. The fraction of sp³-hybridized carbons (Fsp3) is 0.429. The van der Waals surface area contributed by atoms with Crippen LogP contribution in [0.15, 0.2) is 5.16 Å². The first-order valence-electron chi connectivity index (χ1n) is 4.38. The molecule has 2 rings (SSSR count). The lowest BCUT2D eigenvalue weighted by Gasteiger charge is -2.03. The second-order valence-corrected chi connectivity index (χ2v) is 3.90.